The number of nitrogens with zero attached hydrogens (tertiary/aromatic N) is 5. The number of hydrogen-bond acceptors (Lipinski definition) is 8. The summed E-state index contributed by atoms with van der Waals surface area (Å²) in [4.78, 5) is 60.7. The molecule has 4 rings (SSSR count). The van der Waals surface area contributed by atoms with Crippen molar-refractivity contribution in [2.45, 2.75) is 44.8 Å². The van der Waals surface area contributed by atoms with Crippen LogP contribution in [0.1, 0.15) is 43.9 Å². The summed E-state index contributed by atoms with van der Waals surface area (Å²) in [7, 11) is 1.42. The average Bonchev–Trinajstić information content (AvgIpc) is 2.88. The second-order valence-corrected chi connectivity index (χ2v) is 9.87. The van der Waals surface area contributed by atoms with Crippen LogP contribution in [0.4, 0.5) is 18.9 Å². The highest BCUT2D eigenvalue weighted by Crippen LogP contribution is 2.44. The normalized spacial score (nSPS) is 24.8. The number of Topliss-reactive ketones (excluding diaryl/α,β-unsaturated/α-hetero) is 1. The largest absolute Gasteiger partial charge is 0.417 e. The van der Waals surface area contributed by atoms with E-state index in [2.05, 4.69) is 20.5 Å². The zero-order valence-electron chi connectivity index (χ0n) is 21.7. The number of piperidine rings is 1. The highest BCUT2D eigenvalue weighted by atomic mass is 19.4. The van der Waals surface area contributed by atoms with E-state index in [1.54, 1.807) is 11.8 Å². The van der Waals surface area contributed by atoms with Crippen molar-refractivity contribution in [3.63, 3.8) is 0 Å². The third-order valence-corrected chi connectivity index (χ3v) is 7.08. The van der Waals surface area contributed by atoms with Crippen LogP contribution >= 0.6 is 0 Å². The van der Waals surface area contributed by atoms with E-state index in [9.17, 15) is 32.3 Å². The molecule has 1 fully saturated rings. The minimum absolute atomic E-state index is 0.0639. The molecule has 0 bridgehead atoms. The highest BCUT2D eigenvalue weighted by Gasteiger charge is 2.45. The maximum Gasteiger partial charge on any atom is 0.417 e. The van der Waals surface area contributed by atoms with E-state index < -0.39 is 35.5 Å². The lowest BCUT2D eigenvalue weighted by Gasteiger charge is -2.43. The number of amides is 3. The number of aliphatic imine (C=N–C) groups is 1. The van der Waals surface area contributed by atoms with Gasteiger partial charge >= 0.3 is 6.18 Å². The Hall–Kier alpha value is -3.68. The van der Waals surface area contributed by atoms with Crippen LogP contribution in [-0.2, 0) is 30.1 Å². The number of halogens is 3. The number of fused-ring (bicyclic) bond motifs is 3. The van der Waals surface area contributed by atoms with Crippen LogP contribution in [0.3, 0.4) is 0 Å². The first kappa shape index (κ1) is 28.3. The lowest BCUT2D eigenvalue weighted by Crippen LogP contribution is -2.52. The zero-order chi connectivity index (χ0) is 28.5. The van der Waals surface area contributed by atoms with E-state index >= 15 is 0 Å². The summed E-state index contributed by atoms with van der Waals surface area (Å²) >= 11 is 0. The number of carbonyl (C=O) groups is 4. The van der Waals surface area contributed by atoms with Gasteiger partial charge in [-0.1, -0.05) is 0 Å². The number of hydrogen-bond donors (Lipinski definition) is 1. The summed E-state index contributed by atoms with van der Waals surface area (Å²) in [5.74, 6) is -3.43. The molecule has 1 saturated heterocycles. The summed E-state index contributed by atoms with van der Waals surface area (Å²) in [5.41, 5.74) is 2.15. The number of ether oxygens (including phenoxy) is 1. The van der Waals surface area contributed by atoms with Gasteiger partial charge in [0.05, 0.1) is 60.5 Å². The van der Waals surface area contributed by atoms with Crippen molar-refractivity contribution in [3.05, 3.63) is 23.5 Å². The van der Waals surface area contributed by atoms with Gasteiger partial charge in [0.25, 0.3) is 5.91 Å². The number of pyridine rings is 1. The third kappa shape index (κ3) is 6.00. The summed E-state index contributed by atoms with van der Waals surface area (Å²) < 4.78 is 45.1. The van der Waals surface area contributed by atoms with Gasteiger partial charge in [0.15, 0.2) is 0 Å². The Morgan fingerprint density at radius 1 is 1.28 bits per heavy atom. The molecule has 3 aliphatic heterocycles. The molecule has 4 heterocycles. The van der Waals surface area contributed by atoms with E-state index in [0.29, 0.717) is 18.7 Å². The number of carbonyl (C=O) groups excluding carboxylic acids is 4. The van der Waals surface area contributed by atoms with Crippen LogP contribution in [0.2, 0.25) is 0 Å². The van der Waals surface area contributed by atoms with Gasteiger partial charge in [-0.25, -0.2) is 5.43 Å². The molecule has 210 valence electrons. The lowest BCUT2D eigenvalue weighted by molar-refractivity contribution is -0.139. The molecule has 11 nitrogen and oxygen atoms in total. The molecule has 4 atom stereocenters. The van der Waals surface area contributed by atoms with Crippen LogP contribution in [0.15, 0.2) is 22.4 Å². The molecule has 0 aliphatic carbocycles. The van der Waals surface area contributed by atoms with Crippen molar-refractivity contribution in [1.82, 2.24) is 15.3 Å². The quantitative estimate of drug-likeness (QED) is 0.405. The van der Waals surface area contributed by atoms with Crippen molar-refractivity contribution in [3.8, 4) is 0 Å². The van der Waals surface area contributed by atoms with Crippen LogP contribution < -0.4 is 10.3 Å². The third-order valence-electron chi connectivity index (χ3n) is 7.08. The lowest BCUT2D eigenvalue weighted by atomic mass is 9.78. The minimum atomic E-state index is -4.57. The van der Waals surface area contributed by atoms with Gasteiger partial charge in [0, 0.05) is 32.3 Å². The Kier molecular flexibility index (Phi) is 8.14. The van der Waals surface area contributed by atoms with Gasteiger partial charge in [-0.15, -0.1) is 0 Å². The molecule has 1 aromatic heterocycles. The molecular weight excluding hydrogens is 521 g/mol. The minimum Gasteiger partial charge on any atom is -0.379 e. The number of hydrazone groups is 1. The fourth-order valence-corrected chi connectivity index (χ4v) is 5.10. The molecular formula is C25H29F3N6O5. The van der Waals surface area contributed by atoms with E-state index in [1.807, 2.05) is 0 Å². The van der Waals surface area contributed by atoms with Gasteiger partial charge in [-0.2, -0.15) is 18.3 Å². The predicted molar refractivity (Wildman–Crippen MR) is 133 cm³/mol. The van der Waals surface area contributed by atoms with Gasteiger partial charge in [-0.05, 0) is 26.3 Å². The molecule has 3 aliphatic rings. The molecule has 0 saturated carbocycles. The number of anilines is 1. The summed E-state index contributed by atoms with van der Waals surface area (Å²) in [5, 5.41) is 3.69. The zero-order valence-corrected chi connectivity index (χ0v) is 21.7. The highest BCUT2D eigenvalue weighted by molar-refractivity contribution is 6.43. The van der Waals surface area contributed by atoms with Crippen LogP contribution in [0, 0.1) is 11.8 Å². The molecule has 14 heteroatoms. The predicted octanol–water partition coefficient (Wildman–Crippen LogP) is 1.57. The van der Waals surface area contributed by atoms with E-state index in [0.717, 1.165) is 12.3 Å². The van der Waals surface area contributed by atoms with Crippen LogP contribution in [-0.4, -0.2) is 84.7 Å². The Morgan fingerprint density at radius 2 is 2.03 bits per heavy atom. The smallest absolute Gasteiger partial charge is 0.379 e. The number of nitrogens with one attached hydrogen (secondary N) is 1. The Morgan fingerprint density at radius 3 is 2.72 bits per heavy atom. The number of rotatable bonds is 7. The first-order valence-electron chi connectivity index (χ1n) is 12.5. The summed E-state index contributed by atoms with van der Waals surface area (Å²) in [6.45, 7) is 3.77. The molecule has 39 heavy (non-hydrogen) atoms. The van der Waals surface area contributed by atoms with E-state index in [4.69, 9.17) is 4.74 Å². The fourth-order valence-electron chi connectivity index (χ4n) is 5.10. The Balaban J connectivity index is 1.31. The van der Waals surface area contributed by atoms with Crippen LogP contribution in [0.5, 0.6) is 0 Å². The first-order valence-corrected chi connectivity index (χ1v) is 12.5. The molecule has 3 amide bonds. The monoisotopic (exact) mass is 550 g/mol. The van der Waals surface area contributed by atoms with Crippen molar-refractivity contribution in [2.75, 3.05) is 38.3 Å². The topological polar surface area (TPSA) is 134 Å². The maximum atomic E-state index is 13.2. The average molecular weight is 551 g/mol. The van der Waals surface area contributed by atoms with Crippen molar-refractivity contribution in [1.29, 1.82) is 0 Å². The molecule has 0 spiro atoms. The molecule has 0 aromatic carbocycles. The summed E-state index contributed by atoms with van der Waals surface area (Å²) in [6, 6.07) is 0.554. The number of alkyl halides is 3. The first-order chi connectivity index (χ1) is 18.4. The fraction of sp³-hybridized carbons (Fsp3) is 0.560. The van der Waals surface area contributed by atoms with Crippen molar-refractivity contribution in [2.24, 2.45) is 21.9 Å². The second kappa shape index (κ2) is 11.2. The molecule has 0 radical (unpaired) electrons. The van der Waals surface area contributed by atoms with Crippen molar-refractivity contribution >= 4 is 41.1 Å². The van der Waals surface area contributed by atoms with Crippen molar-refractivity contribution < 1.29 is 37.1 Å². The SMILES string of the molecule is CC(=O)C1C(=O)NN=CC1=N[C@@H](C)COCCC(=O)N1CCC2c3ncc(C(F)(F)F)cc3N(C)C(=O)C2C1. The number of likely N-dealkylation sites (tertiary alicyclic amines) is 1. The molecule has 1 N–H and O–H groups in total. The Labute approximate surface area is 222 Å². The second-order valence-electron chi connectivity index (χ2n) is 9.87. The van der Waals surface area contributed by atoms with E-state index in [-0.39, 0.29) is 61.1 Å². The number of ketones is 1. The number of aromatic nitrogens is 1. The maximum absolute atomic E-state index is 13.2. The molecule has 3 unspecified atom stereocenters. The van der Waals surface area contributed by atoms with Gasteiger partial charge in [-0.3, -0.25) is 29.2 Å². The van der Waals surface area contributed by atoms with Gasteiger partial charge < -0.3 is 14.5 Å². The van der Waals surface area contributed by atoms with E-state index in [1.165, 1.54) is 25.1 Å². The van der Waals surface area contributed by atoms with Gasteiger partial charge in [0.1, 0.15) is 11.7 Å². The summed E-state index contributed by atoms with van der Waals surface area (Å²) in [6.07, 6.45) is -1.99. The Bertz CT molecular complexity index is 1230. The molecule has 1 aromatic rings. The van der Waals surface area contributed by atoms with Gasteiger partial charge in [0.2, 0.25) is 11.8 Å². The van der Waals surface area contributed by atoms with Crippen LogP contribution in [0.25, 0.3) is 0 Å². The standard InChI is InChI=1S/C25H29F3N6O5/c1-13(31-18-10-30-32-23(37)21(18)14(2)35)12-39-7-5-20(36)34-6-4-16-17(11-34)24(38)33(3)19-8-15(25(26,27)28)9-29-22(16)19/h8-10,13,16-17,21H,4-7,11-12H2,1-3H3,(H,32,37)/t13-,16?,17?,21?/m0/s1.